The van der Waals surface area contributed by atoms with Gasteiger partial charge in [-0.2, -0.15) is 0 Å². The molecular formula is C10H17N3OS. The first kappa shape index (κ1) is 10.7. The van der Waals surface area contributed by atoms with E-state index in [0.29, 0.717) is 16.2 Å². The Labute approximate surface area is 94.1 Å². The van der Waals surface area contributed by atoms with E-state index in [0.717, 1.165) is 6.61 Å². The summed E-state index contributed by atoms with van der Waals surface area (Å²) in [6.45, 7) is 1.90. The largest absolute Gasteiger partial charge is 0.468 e. The van der Waals surface area contributed by atoms with Crippen LogP contribution in [0.25, 0.3) is 0 Å². The second kappa shape index (κ2) is 4.81. The van der Waals surface area contributed by atoms with Gasteiger partial charge in [-0.05, 0) is 26.4 Å². The van der Waals surface area contributed by atoms with Crippen LogP contribution in [0.5, 0.6) is 5.19 Å². The Morgan fingerprint density at radius 2 is 2.53 bits per heavy atom. The number of likely N-dealkylation sites (N-methyl/N-ethyl adjacent to an activating group) is 1. The quantitative estimate of drug-likeness (QED) is 0.852. The van der Waals surface area contributed by atoms with Crippen molar-refractivity contribution in [3.05, 3.63) is 6.20 Å². The van der Waals surface area contributed by atoms with Crippen LogP contribution in [0.2, 0.25) is 0 Å². The second-order valence-electron chi connectivity index (χ2n) is 3.97. The topological polar surface area (TPSA) is 51.4 Å². The molecule has 0 spiro atoms. The molecule has 1 aromatic rings. The van der Waals surface area contributed by atoms with E-state index in [9.17, 15) is 0 Å². The molecule has 1 aliphatic rings. The minimum atomic E-state index is 0.531. The zero-order valence-electron chi connectivity index (χ0n) is 8.98. The van der Waals surface area contributed by atoms with Crippen LogP contribution in [-0.4, -0.2) is 36.1 Å². The highest BCUT2D eigenvalue weighted by atomic mass is 32.1. The van der Waals surface area contributed by atoms with Gasteiger partial charge >= 0.3 is 0 Å². The van der Waals surface area contributed by atoms with E-state index < -0.39 is 0 Å². The summed E-state index contributed by atoms with van der Waals surface area (Å²) >= 11 is 1.40. The number of ether oxygens (including phenoxy) is 1. The third kappa shape index (κ3) is 2.82. The molecule has 2 rings (SSSR count). The molecule has 4 nitrogen and oxygen atoms in total. The summed E-state index contributed by atoms with van der Waals surface area (Å²) in [6, 6.07) is 0.531. The van der Waals surface area contributed by atoms with E-state index in [1.165, 1.54) is 37.1 Å². The number of nitrogen functional groups attached to an aromatic ring is 1. The number of rotatable bonds is 3. The normalized spacial score (nSPS) is 22.9. The van der Waals surface area contributed by atoms with Crippen LogP contribution in [-0.2, 0) is 0 Å². The van der Waals surface area contributed by atoms with E-state index in [2.05, 4.69) is 16.9 Å². The number of aromatic nitrogens is 1. The molecule has 84 valence electrons. The van der Waals surface area contributed by atoms with Gasteiger partial charge in [0.25, 0.3) is 5.19 Å². The van der Waals surface area contributed by atoms with E-state index >= 15 is 0 Å². The van der Waals surface area contributed by atoms with Crippen molar-refractivity contribution in [1.82, 2.24) is 9.88 Å². The van der Waals surface area contributed by atoms with Crippen molar-refractivity contribution in [2.75, 3.05) is 25.9 Å². The van der Waals surface area contributed by atoms with Crippen LogP contribution in [0.3, 0.4) is 0 Å². The summed E-state index contributed by atoms with van der Waals surface area (Å²) in [5.41, 5.74) is 5.58. The van der Waals surface area contributed by atoms with Gasteiger partial charge in [-0.15, -0.1) is 0 Å². The molecule has 1 aromatic heterocycles. The predicted octanol–water partition coefficient (Wildman–Crippen LogP) is 1.59. The molecule has 1 aliphatic heterocycles. The molecule has 0 saturated carbocycles. The van der Waals surface area contributed by atoms with Crippen molar-refractivity contribution in [2.24, 2.45) is 0 Å². The van der Waals surface area contributed by atoms with Crippen LogP contribution in [0.1, 0.15) is 19.3 Å². The first-order valence-electron chi connectivity index (χ1n) is 5.30. The molecule has 2 N–H and O–H groups in total. The molecule has 0 amide bonds. The summed E-state index contributed by atoms with van der Waals surface area (Å²) in [7, 11) is 2.16. The van der Waals surface area contributed by atoms with E-state index in [1.807, 2.05) is 0 Å². The zero-order valence-corrected chi connectivity index (χ0v) is 9.80. The standard InChI is InChI=1S/C10H17N3OS/c1-13-5-3-2-4-8(13)7-14-10-12-6-9(11)15-10/h6,8H,2-5,7,11H2,1H3. The summed E-state index contributed by atoms with van der Waals surface area (Å²) < 4.78 is 5.62. The maximum absolute atomic E-state index is 5.62. The molecule has 1 atom stereocenters. The lowest BCUT2D eigenvalue weighted by Gasteiger charge is -2.31. The zero-order chi connectivity index (χ0) is 10.7. The molecule has 0 aliphatic carbocycles. The number of anilines is 1. The fourth-order valence-electron chi connectivity index (χ4n) is 1.86. The van der Waals surface area contributed by atoms with Gasteiger partial charge < -0.3 is 15.4 Å². The highest BCUT2D eigenvalue weighted by molar-refractivity contribution is 7.17. The Hall–Kier alpha value is -0.810. The lowest BCUT2D eigenvalue weighted by Crippen LogP contribution is -2.40. The van der Waals surface area contributed by atoms with Crippen molar-refractivity contribution < 1.29 is 4.74 Å². The SMILES string of the molecule is CN1CCCCC1COc1ncc(N)s1. The Balaban J connectivity index is 1.81. The van der Waals surface area contributed by atoms with Crippen molar-refractivity contribution in [3.63, 3.8) is 0 Å². The maximum Gasteiger partial charge on any atom is 0.275 e. The second-order valence-corrected chi connectivity index (χ2v) is 4.99. The number of hydrogen-bond acceptors (Lipinski definition) is 5. The number of hydrogen-bond donors (Lipinski definition) is 1. The third-order valence-corrected chi connectivity index (χ3v) is 3.56. The molecule has 0 radical (unpaired) electrons. The third-order valence-electron chi connectivity index (χ3n) is 2.82. The molecule has 1 fully saturated rings. The Kier molecular flexibility index (Phi) is 3.43. The first-order valence-corrected chi connectivity index (χ1v) is 6.11. The summed E-state index contributed by atoms with van der Waals surface area (Å²) in [4.78, 5) is 6.44. The summed E-state index contributed by atoms with van der Waals surface area (Å²) in [5.74, 6) is 0. The van der Waals surface area contributed by atoms with Crippen LogP contribution in [0.4, 0.5) is 5.00 Å². The maximum atomic E-state index is 5.62. The minimum Gasteiger partial charge on any atom is -0.468 e. The minimum absolute atomic E-state index is 0.531. The highest BCUT2D eigenvalue weighted by Gasteiger charge is 2.19. The van der Waals surface area contributed by atoms with E-state index in [4.69, 9.17) is 10.5 Å². The van der Waals surface area contributed by atoms with Crippen molar-refractivity contribution >= 4 is 16.3 Å². The molecular weight excluding hydrogens is 210 g/mol. The fourth-order valence-corrected chi connectivity index (χ4v) is 2.40. The Bertz CT molecular complexity index is 315. The lowest BCUT2D eigenvalue weighted by atomic mass is 10.0. The Morgan fingerprint density at radius 1 is 1.67 bits per heavy atom. The van der Waals surface area contributed by atoms with Gasteiger partial charge in [0.1, 0.15) is 11.6 Å². The van der Waals surface area contributed by atoms with Crippen LogP contribution in [0, 0.1) is 0 Å². The van der Waals surface area contributed by atoms with Gasteiger partial charge in [0.05, 0.1) is 6.20 Å². The van der Waals surface area contributed by atoms with E-state index in [1.54, 1.807) is 6.20 Å². The van der Waals surface area contributed by atoms with Gasteiger partial charge in [-0.25, -0.2) is 4.98 Å². The number of nitrogens with zero attached hydrogens (tertiary/aromatic N) is 2. The molecule has 0 aromatic carbocycles. The highest BCUT2D eigenvalue weighted by Crippen LogP contribution is 2.23. The lowest BCUT2D eigenvalue weighted by molar-refractivity contribution is 0.125. The summed E-state index contributed by atoms with van der Waals surface area (Å²) in [5, 5.41) is 1.40. The van der Waals surface area contributed by atoms with Gasteiger partial charge in [0.15, 0.2) is 0 Å². The van der Waals surface area contributed by atoms with Crippen LogP contribution < -0.4 is 10.5 Å². The van der Waals surface area contributed by atoms with Crippen LogP contribution in [0.15, 0.2) is 6.20 Å². The molecule has 1 saturated heterocycles. The monoisotopic (exact) mass is 227 g/mol. The van der Waals surface area contributed by atoms with Crippen molar-refractivity contribution in [1.29, 1.82) is 0 Å². The predicted molar refractivity (Wildman–Crippen MR) is 62.3 cm³/mol. The average Bonchev–Trinajstić information content (AvgIpc) is 2.63. The van der Waals surface area contributed by atoms with Gasteiger partial charge in [0, 0.05) is 6.04 Å². The van der Waals surface area contributed by atoms with Gasteiger partial charge in [-0.1, -0.05) is 17.8 Å². The summed E-state index contributed by atoms with van der Waals surface area (Å²) in [6.07, 6.45) is 5.47. The fraction of sp³-hybridized carbons (Fsp3) is 0.700. The van der Waals surface area contributed by atoms with Gasteiger partial charge in [0.2, 0.25) is 0 Å². The van der Waals surface area contributed by atoms with Crippen molar-refractivity contribution in [2.45, 2.75) is 25.3 Å². The molecule has 0 bridgehead atoms. The Morgan fingerprint density at radius 3 is 3.20 bits per heavy atom. The van der Waals surface area contributed by atoms with Crippen LogP contribution >= 0.6 is 11.3 Å². The number of thiazole rings is 1. The smallest absolute Gasteiger partial charge is 0.275 e. The van der Waals surface area contributed by atoms with Gasteiger partial charge in [-0.3, -0.25) is 0 Å². The molecule has 1 unspecified atom stereocenters. The number of likely N-dealkylation sites (tertiary alicyclic amines) is 1. The van der Waals surface area contributed by atoms with E-state index in [-0.39, 0.29) is 0 Å². The average molecular weight is 227 g/mol. The molecule has 5 heteroatoms. The molecule has 2 heterocycles. The number of piperidine rings is 1. The van der Waals surface area contributed by atoms with Crippen molar-refractivity contribution in [3.8, 4) is 5.19 Å². The molecule has 15 heavy (non-hydrogen) atoms. The first-order chi connectivity index (χ1) is 7.25. The number of nitrogens with two attached hydrogens (primary N) is 1.